The van der Waals surface area contributed by atoms with Crippen molar-refractivity contribution < 1.29 is 4.21 Å². The lowest BCUT2D eigenvalue weighted by Crippen LogP contribution is -2.29. The van der Waals surface area contributed by atoms with Crippen molar-refractivity contribution in [3.63, 3.8) is 0 Å². The summed E-state index contributed by atoms with van der Waals surface area (Å²) < 4.78 is 11.4. The average molecular weight is 329 g/mol. The van der Waals surface area contributed by atoms with Crippen LogP contribution < -0.4 is 10.2 Å². The van der Waals surface area contributed by atoms with Gasteiger partial charge in [0, 0.05) is 41.6 Å². The summed E-state index contributed by atoms with van der Waals surface area (Å²) in [6.07, 6.45) is 7.54. The Morgan fingerprint density at radius 3 is 2.43 bits per heavy atom. The predicted molar refractivity (Wildman–Crippen MR) is 96.4 cm³/mol. The monoisotopic (exact) mass is 329 g/mol. The van der Waals surface area contributed by atoms with E-state index in [4.69, 9.17) is 0 Å². The molecule has 122 valence electrons. The van der Waals surface area contributed by atoms with Crippen molar-refractivity contribution in [3.8, 4) is 0 Å². The molecular weight excluding hydrogens is 306 g/mol. The number of hydrogen-bond donors (Lipinski definition) is 1. The van der Waals surface area contributed by atoms with Crippen LogP contribution in [0.5, 0.6) is 0 Å². The predicted octanol–water partition coefficient (Wildman–Crippen LogP) is 3.42. The lowest BCUT2D eigenvalue weighted by atomic mass is 10.1. The minimum absolute atomic E-state index is 0.715. The zero-order valence-electron chi connectivity index (χ0n) is 13.5. The van der Waals surface area contributed by atoms with Crippen molar-refractivity contribution in [2.75, 3.05) is 29.6 Å². The maximum Gasteiger partial charge on any atom is 0.126 e. The summed E-state index contributed by atoms with van der Waals surface area (Å²) in [5, 5.41) is 3.33. The van der Waals surface area contributed by atoms with Gasteiger partial charge in [-0.25, -0.2) is 4.98 Å². The fraction of sp³-hybridized carbons (Fsp3) is 0.389. The van der Waals surface area contributed by atoms with Crippen LogP contribution in [0.1, 0.15) is 24.8 Å². The van der Waals surface area contributed by atoms with E-state index in [1.807, 2.05) is 36.5 Å². The van der Waals surface area contributed by atoms with E-state index >= 15 is 0 Å². The van der Waals surface area contributed by atoms with Crippen LogP contribution in [0.2, 0.25) is 0 Å². The first kappa shape index (κ1) is 16.0. The fourth-order valence-electron chi connectivity index (χ4n) is 2.82. The molecule has 1 atom stereocenters. The Kier molecular flexibility index (Phi) is 5.28. The summed E-state index contributed by atoms with van der Waals surface area (Å²) in [5.74, 6) is 0.883. The van der Waals surface area contributed by atoms with Crippen molar-refractivity contribution >= 4 is 22.3 Å². The van der Waals surface area contributed by atoms with E-state index < -0.39 is 10.8 Å². The molecule has 1 aromatic carbocycles. The molecule has 0 unspecified atom stereocenters. The van der Waals surface area contributed by atoms with Gasteiger partial charge in [0.05, 0.1) is 11.9 Å². The van der Waals surface area contributed by atoms with Crippen molar-refractivity contribution in [2.24, 2.45) is 0 Å². The molecule has 1 aromatic heterocycles. The number of aromatic nitrogens is 1. The summed E-state index contributed by atoms with van der Waals surface area (Å²) in [6, 6.07) is 12.0. The van der Waals surface area contributed by atoms with E-state index in [0.29, 0.717) is 6.54 Å². The summed E-state index contributed by atoms with van der Waals surface area (Å²) >= 11 is 0. The molecule has 0 radical (unpaired) electrons. The van der Waals surface area contributed by atoms with Gasteiger partial charge in [0.15, 0.2) is 0 Å². The summed E-state index contributed by atoms with van der Waals surface area (Å²) in [5.41, 5.74) is 2.37. The molecule has 1 N–H and O–H groups in total. The number of piperidine rings is 1. The van der Waals surface area contributed by atoms with Gasteiger partial charge >= 0.3 is 0 Å². The van der Waals surface area contributed by atoms with Gasteiger partial charge in [0.25, 0.3) is 0 Å². The quantitative estimate of drug-likeness (QED) is 0.913. The Balaban J connectivity index is 1.56. The molecule has 1 aliphatic rings. The van der Waals surface area contributed by atoms with E-state index in [0.717, 1.165) is 29.4 Å². The van der Waals surface area contributed by atoms with Crippen LogP contribution in [0.15, 0.2) is 47.5 Å². The van der Waals surface area contributed by atoms with Crippen LogP contribution in [0, 0.1) is 0 Å². The van der Waals surface area contributed by atoms with Crippen LogP contribution in [-0.2, 0) is 17.3 Å². The van der Waals surface area contributed by atoms with Crippen LogP contribution in [-0.4, -0.2) is 28.5 Å². The van der Waals surface area contributed by atoms with E-state index in [1.54, 1.807) is 6.26 Å². The highest BCUT2D eigenvalue weighted by Gasteiger charge is 2.10. The van der Waals surface area contributed by atoms with Gasteiger partial charge in [0.2, 0.25) is 0 Å². The summed E-state index contributed by atoms with van der Waals surface area (Å²) in [4.78, 5) is 7.78. The highest BCUT2D eigenvalue weighted by molar-refractivity contribution is 7.84. The normalized spacial score (nSPS) is 16.1. The fourth-order valence-corrected chi connectivity index (χ4v) is 3.34. The number of anilines is 2. The van der Waals surface area contributed by atoms with Gasteiger partial charge in [0.1, 0.15) is 5.82 Å². The number of pyridine rings is 1. The standard InChI is InChI=1S/C18H23N3OS/c1-23(22)17-8-5-15(6-9-17)13-19-18-10-7-16(14-20-18)21-11-3-2-4-12-21/h5-10,14H,2-4,11-13H2,1H3,(H,19,20)/t23-/m1/s1. The highest BCUT2D eigenvalue weighted by atomic mass is 32.2. The molecule has 5 heteroatoms. The van der Waals surface area contributed by atoms with Crippen molar-refractivity contribution in [2.45, 2.75) is 30.7 Å². The van der Waals surface area contributed by atoms with Gasteiger partial charge in [-0.1, -0.05) is 12.1 Å². The van der Waals surface area contributed by atoms with Crippen molar-refractivity contribution in [1.82, 2.24) is 4.98 Å². The highest BCUT2D eigenvalue weighted by Crippen LogP contribution is 2.20. The van der Waals surface area contributed by atoms with E-state index in [1.165, 1.54) is 24.9 Å². The average Bonchev–Trinajstić information content (AvgIpc) is 2.61. The lowest BCUT2D eigenvalue weighted by Gasteiger charge is -2.28. The topological polar surface area (TPSA) is 45.2 Å². The second kappa shape index (κ2) is 7.59. The number of nitrogens with one attached hydrogen (secondary N) is 1. The van der Waals surface area contributed by atoms with Crippen LogP contribution >= 0.6 is 0 Å². The first-order valence-electron chi connectivity index (χ1n) is 8.09. The molecule has 3 rings (SSSR count). The Morgan fingerprint density at radius 2 is 1.83 bits per heavy atom. The largest absolute Gasteiger partial charge is 0.370 e. The first-order valence-corrected chi connectivity index (χ1v) is 9.65. The van der Waals surface area contributed by atoms with Gasteiger partial charge < -0.3 is 10.2 Å². The molecule has 0 amide bonds. The molecular formula is C18H23N3OS. The lowest BCUT2D eigenvalue weighted by molar-refractivity contribution is 0.577. The van der Waals surface area contributed by atoms with E-state index in [2.05, 4.69) is 21.3 Å². The Bertz CT molecular complexity index is 649. The molecule has 0 aliphatic carbocycles. The molecule has 0 saturated carbocycles. The minimum atomic E-state index is -0.920. The Labute approximate surface area is 140 Å². The minimum Gasteiger partial charge on any atom is -0.370 e. The molecule has 1 fully saturated rings. The zero-order chi connectivity index (χ0) is 16.1. The number of hydrogen-bond acceptors (Lipinski definition) is 4. The summed E-state index contributed by atoms with van der Waals surface area (Å²) in [6.45, 7) is 2.99. The maximum absolute atomic E-state index is 11.4. The molecule has 23 heavy (non-hydrogen) atoms. The first-order chi connectivity index (χ1) is 11.2. The van der Waals surface area contributed by atoms with Gasteiger partial charge in [-0.15, -0.1) is 0 Å². The van der Waals surface area contributed by atoms with E-state index in [9.17, 15) is 4.21 Å². The van der Waals surface area contributed by atoms with Crippen LogP contribution in [0.4, 0.5) is 11.5 Å². The molecule has 1 saturated heterocycles. The molecule has 2 heterocycles. The van der Waals surface area contributed by atoms with E-state index in [-0.39, 0.29) is 0 Å². The Hall–Kier alpha value is -1.88. The third kappa shape index (κ3) is 4.32. The molecule has 2 aromatic rings. The van der Waals surface area contributed by atoms with Crippen molar-refractivity contribution in [3.05, 3.63) is 48.2 Å². The van der Waals surface area contributed by atoms with Crippen LogP contribution in [0.25, 0.3) is 0 Å². The third-order valence-electron chi connectivity index (χ3n) is 4.20. The maximum atomic E-state index is 11.4. The smallest absolute Gasteiger partial charge is 0.126 e. The molecule has 0 spiro atoms. The molecule has 4 nitrogen and oxygen atoms in total. The van der Waals surface area contributed by atoms with Crippen LogP contribution in [0.3, 0.4) is 0 Å². The van der Waals surface area contributed by atoms with Gasteiger partial charge in [-0.05, 0) is 49.1 Å². The number of nitrogens with zero attached hydrogens (tertiary/aromatic N) is 2. The van der Waals surface area contributed by atoms with Gasteiger partial charge in [-0.2, -0.15) is 0 Å². The number of rotatable bonds is 5. The zero-order valence-corrected chi connectivity index (χ0v) is 14.3. The second-order valence-electron chi connectivity index (χ2n) is 5.90. The Morgan fingerprint density at radius 1 is 1.09 bits per heavy atom. The third-order valence-corrected chi connectivity index (χ3v) is 5.13. The van der Waals surface area contributed by atoms with Gasteiger partial charge in [-0.3, -0.25) is 4.21 Å². The molecule has 1 aliphatic heterocycles. The second-order valence-corrected chi connectivity index (χ2v) is 7.28. The number of benzene rings is 1. The molecule has 0 bridgehead atoms. The SMILES string of the molecule is C[S@@](=O)c1ccc(CNc2ccc(N3CCCCC3)cn2)cc1. The van der Waals surface area contributed by atoms with Crippen molar-refractivity contribution in [1.29, 1.82) is 0 Å². The summed E-state index contributed by atoms with van der Waals surface area (Å²) in [7, 11) is -0.920.